The molecule has 2 heterocycles. The van der Waals surface area contributed by atoms with E-state index >= 15 is 0 Å². The average molecular weight is 362 g/mol. The molecule has 1 aromatic carbocycles. The highest BCUT2D eigenvalue weighted by Crippen LogP contribution is 2.19. The lowest BCUT2D eigenvalue weighted by molar-refractivity contribution is -0.119. The van der Waals surface area contributed by atoms with Crippen molar-refractivity contribution < 1.29 is 9.18 Å². The van der Waals surface area contributed by atoms with Gasteiger partial charge in [0, 0.05) is 17.4 Å². The van der Waals surface area contributed by atoms with Crippen molar-refractivity contribution in [3.63, 3.8) is 0 Å². The minimum absolute atomic E-state index is 0.192. The minimum Gasteiger partial charge on any atom is -0.322 e. The highest BCUT2D eigenvalue weighted by Gasteiger charge is 2.16. The molecule has 0 fully saturated rings. The third kappa shape index (κ3) is 4.06. The van der Waals surface area contributed by atoms with Crippen LogP contribution in [0.4, 0.5) is 10.1 Å². The minimum atomic E-state index is -0.441. The Balaban J connectivity index is 1.66. The smallest absolute Gasteiger partial charge is 0.249 e. The van der Waals surface area contributed by atoms with Crippen molar-refractivity contribution in [3.8, 4) is 0 Å². The summed E-state index contributed by atoms with van der Waals surface area (Å²) in [6.07, 6.45) is 6.76. The van der Waals surface area contributed by atoms with Gasteiger partial charge >= 0.3 is 0 Å². The number of hydrogen-bond donors (Lipinski definition) is 1. The van der Waals surface area contributed by atoms with Gasteiger partial charge in [0.2, 0.25) is 5.91 Å². The fourth-order valence-corrected chi connectivity index (χ4v) is 2.58. The zero-order valence-corrected chi connectivity index (χ0v) is 14.5. The van der Waals surface area contributed by atoms with Crippen molar-refractivity contribution >= 4 is 23.2 Å². The maximum absolute atomic E-state index is 13.1. The molecule has 0 spiro atoms. The standard InChI is InChI=1S/C17H17ClFN5O/c1-11-6-21-24(8-11)12(2)17(25)22-15-7-20-23(10-15)9-13-3-4-14(19)5-16(13)18/h3-8,10,12H,9H2,1-2H3,(H,22,25). The van der Waals surface area contributed by atoms with Gasteiger partial charge in [-0.15, -0.1) is 0 Å². The molecule has 25 heavy (non-hydrogen) atoms. The third-order valence-corrected chi connectivity index (χ3v) is 4.11. The number of anilines is 1. The molecule has 0 saturated heterocycles. The highest BCUT2D eigenvalue weighted by atomic mass is 35.5. The Bertz CT molecular complexity index is 904. The van der Waals surface area contributed by atoms with Gasteiger partial charge in [0.1, 0.15) is 11.9 Å². The second-order valence-corrected chi connectivity index (χ2v) is 6.23. The molecule has 3 aromatic rings. The molecule has 0 aliphatic carbocycles. The summed E-state index contributed by atoms with van der Waals surface area (Å²) in [6, 6.07) is 3.78. The van der Waals surface area contributed by atoms with Gasteiger partial charge in [0.15, 0.2) is 0 Å². The molecular formula is C17H17ClFN5O. The molecular weight excluding hydrogens is 345 g/mol. The van der Waals surface area contributed by atoms with E-state index in [0.717, 1.165) is 11.1 Å². The van der Waals surface area contributed by atoms with Gasteiger partial charge in [0.05, 0.1) is 24.6 Å². The maximum Gasteiger partial charge on any atom is 0.249 e. The van der Waals surface area contributed by atoms with Crippen LogP contribution in [0.1, 0.15) is 24.1 Å². The number of carbonyl (C=O) groups is 1. The largest absolute Gasteiger partial charge is 0.322 e. The van der Waals surface area contributed by atoms with Gasteiger partial charge in [0.25, 0.3) is 0 Å². The van der Waals surface area contributed by atoms with Crippen molar-refractivity contribution in [3.05, 3.63) is 65.0 Å². The topological polar surface area (TPSA) is 64.7 Å². The number of nitrogens with one attached hydrogen (secondary N) is 1. The first-order chi connectivity index (χ1) is 11.9. The summed E-state index contributed by atoms with van der Waals surface area (Å²) < 4.78 is 16.3. The molecule has 8 heteroatoms. The van der Waals surface area contributed by atoms with Crippen molar-refractivity contribution in [1.82, 2.24) is 19.6 Å². The van der Waals surface area contributed by atoms with E-state index in [4.69, 9.17) is 11.6 Å². The number of amides is 1. The molecule has 1 unspecified atom stereocenters. The molecule has 0 radical (unpaired) electrons. The quantitative estimate of drug-likeness (QED) is 0.757. The van der Waals surface area contributed by atoms with E-state index in [1.807, 2.05) is 13.1 Å². The average Bonchev–Trinajstić information content (AvgIpc) is 3.18. The molecule has 0 aliphatic rings. The number of aromatic nitrogens is 4. The van der Waals surface area contributed by atoms with E-state index in [9.17, 15) is 9.18 Å². The number of hydrogen-bond acceptors (Lipinski definition) is 3. The van der Waals surface area contributed by atoms with Gasteiger partial charge < -0.3 is 5.32 Å². The monoisotopic (exact) mass is 361 g/mol. The zero-order valence-electron chi connectivity index (χ0n) is 13.8. The Morgan fingerprint density at radius 2 is 2.12 bits per heavy atom. The summed E-state index contributed by atoms with van der Waals surface area (Å²) in [5.74, 6) is -0.576. The first-order valence-corrected chi connectivity index (χ1v) is 8.08. The molecule has 1 N–H and O–H groups in total. The number of aryl methyl sites for hydroxylation is 1. The van der Waals surface area contributed by atoms with Gasteiger partial charge in [-0.05, 0) is 37.1 Å². The number of carbonyl (C=O) groups excluding carboxylic acids is 1. The van der Waals surface area contributed by atoms with E-state index in [2.05, 4.69) is 15.5 Å². The van der Waals surface area contributed by atoms with Crippen LogP contribution in [0.5, 0.6) is 0 Å². The molecule has 130 valence electrons. The second-order valence-electron chi connectivity index (χ2n) is 5.83. The van der Waals surface area contributed by atoms with Crippen LogP contribution >= 0.6 is 11.6 Å². The van der Waals surface area contributed by atoms with E-state index in [1.54, 1.807) is 40.9 Å². The maximum atomic E-state index is 13.1. The van der Waals surface area contributed by atoms with Crippen molar-refractivity contribution in [2.45, 2.75) is 26.4 Å². The van der Waals surface area contributed by atoms with Crippen LogP contribution in [0.2, 0.25) is 5.02 Å². The van der Waals surface area contributed by atoms with Crippen LogP contribution < -0.4 is 5.32 Å². The number of benzene rings is 1. The third-order valence-electron chi connectivity index (χ3n) is 3.76. The molecule has 0 saturated carbocycles. The summed E-state index contributed by atoms with van der Waals surface area (Å²) >= 11 is 6.02. The number of halogens is 2. The molecule has 2 aromatic heterocycles. The van der Waals surface area contributed by atoms with Gasteiger partial charge in [-0.25, -0.2) is 4.39 Å². The van der Waals surface area contributed by atoms with Crippen molar-refractivity contribution in [1.29, 1.82) is 0 Å². The molecule has 3 rings (SSSR count). The Labute approximate surface area is 149 Å². The van der Waals surface area contributed by atoms with E-state index in [0.29, 0.717) is 17.3 Å². The van der Waals surface area contributed by atoms with Gasteiger partial charge in [-0.1, -0.05) is 17.7 Å². The second kappa shape index (κ2) is 7.06. The Morgan fingerprint density at radius 3 is 2.80 bits per heavy atom. The van der Waals surface area contributed by atoms with Crippen LogP contribution in [-0.4, -0.2) is 25.5 Å². The van der Waals surface area contributed by atoms with Crippen molar-refractivity contribution in [2.75, 3.05) is 5.32 Å². The molecule has 1 atom stereocenters. The Morgan fingerprint density at radius 1 is 1.32 bits per heavy atom. The lowest BCUT2D eigenvalue weighted by Crippen LogP contribution is -2.23. The summed E-state index contributed by atoms with van der Waals surface area (Å²) in [5.41, 5.74) is 2.30. The summed E-state index contributed by atoms with van der Waals surface area (Å²) in [6.45, 7) is 4.06. The van der Waals surface area contributed by atoms with Crippen LogP contribution in [0, 0.1) is 12.7 Å². The fraction of sp³-hybridized carbons (Fsp3) is 0.235. The summed E-state index contributed by atoms with van der Waals surface area (Å²) in [7, 11) is 0. The Kier molecular flexibility index (Phi) is 4.85. The van der Waals surface area contributed by atoms with E-state index in [-0.39, 0.29) is 11.7 Å². The molecule has 0 bridgehead atoms. The van der Waals surface area contributed by atoms with Gasteiger partial charge in [-0.2, -0.15) is 10.2 Å². The molecule has 0 aliphatic heterocycles. The van der Waals surface area contributed by atoms with Crippen LogP contribution in [0.15, 0.2) is 43.0 Å². The van der Waals surface area contributed by atoms with Gasteiger partial charge in [-0.3, -0.25) is 14.2 Å². The van der Waals surface area contributed by atoms with Crippen LogP contribution in [0.3, 0.4) is 0 Å². The normalized spacial score (nSPS) is 12.2. The summed E-state index contributed by atoms with van der Waals surface area (Å²) in [4.78, 5) is 12.3. The predicted octanol–water partition coefficient (Wildman–Crippen LogP) is 3.43. The lowest BCUT2D eigenvalue weighted by Gasteiger charge is -2.11. The summed E-state index contributed by atoms with van der Waals surface area (Å²) in [5, 5.41) is 11.5. The Hall–Kier alpha value is -2.67. The predicted molar refractivity (Wildman–Crippen MR) is 93.0 cm³/mol. The first kappa shape index (κ1) is 17.2. The first-order valence-electron chi connectivity index (χ1n) is 7.70. The van der Waals surface area contributed by atoms with E-state index in [1.165, 1.54) is 12.1 Å². The molecule has 1 amide bonds. The SMILES string of the molecule is Cc1cnn(C(C)C(=O)Nc2cnn(Cc3ccc(F)cc3Cl)c2)c1. The van der Waals surface area contributed by atoms with Crippen molar-refractivity contribution in [2.24, 2.45) is 0 Å². The zero-order chi connectivity index (χ0) is 18.0. The number of rotatable bonds is 5. The highest BCUT2D eigenvalue weighted by molar-refractivity contribution is 6.31. The number of nitrogens with zero attached hydrogens (tertiary/aromatic N) is 4. The van der Waals surface area contributed by atoms with E-state index < -0.39 is 6.04 Å². The molecule has 6 nitrogen and oxygen atoms in total. The van der Waals surface area contributed by atoms with Crippen LogP contribution in [-0.2, 0) is 11.3 Å². The fourth-order valence-electron chi connectivity index (χ4n) is 2.35. The van der Waals surface area contributed by atoms with Crippen LogP contribution in [0.25, 0.3) is 0 Å². The lowest BCUT2D eigenvalue weighted by atomic mass is 10.2.